The molecule has 0 aliphatic carbocycles. The molecule has 8 nitrogen and oxygen atoms in total. The first kappa shape index (κ1) is 17.7. The highest BCUT2D eigenvalue weighted by Crippen LogP contribution is 2.17. The van der Waals surface area contributed by atoms with Crippen LogP contribution < -0.4 is 5.69 Å². The van der Waals surface area contributed by atoms with E-state index in [0.29, 0.717) is 18.1 Å². The number of nitrogens with zero attached hydrogens (tertiary/aromatic N) is 5. The van der Waals surface area contributed by atoms with Crippen molar-refractivity contribution in [2.24, 2.45) is 0 Å². The van der Waals surface area contributed by atoms with Gasteiger partial charge in [0.05, 0.1) is 6.04 Å². The highest BCUT2D eigenvalue weighted by molar-refractivity contribution is 5.76. The van der Waals surface area contributed by atoms with Crippen LogP contribution >= 0.6 is 0 Å². The lowest BCUT2D eigenvalue weighted by molar-refractivity contribution is -0.132. The average Bonchev–Trinajstić information content (AvgIpc) is 3.30. The van der Waals surface area contributed by atoms with E-state index in [1.807, 2.05) is 44.2 Å². The van der Waals surface area contributed by atoms with Crippen LogP contribution in [0.2, 0.25) is 0 Å². The maximum atomic E-state index is 12.6. The second-order valence-electron chi connectivity index (χ2n) is 5.98. The highest BCUT2D eigenvalue weighted by Gasteiger charge is 2.22. The van der Waals surface area contributed by atoms with Crippen molar-refractivity contribution in [1.29, 1.82) is 0 Å². The van der Waals surface area contributed by atoms with Gasteiger partial charge in [-0.25, -0.2) is 9.48 Å². The Bertz CT molecular complexity index is 928. The molecule has 0 unspecified atom stereocenters. The smallest absolute Gasteiger partial charge is 0.346 e. The van der Waals surface area contributed by atoms with E-state index >= 15 is 0 Å². The zero-order chi connectivity index (χ0) is 18.7. The van der Waals surface area contributed by atoms with Crippen molar-refractivity contribution in [3.63, 3.8) is 0 Å². The van der Waals surface area contributed by atoms with Crippen LogP contribution in [0.15, 0.2) is 52.0 Å². The summed E-state index contributed by atoms with van der Waals surface area (Å²) in [5, 5.41) is 8.24. The van der Waals surface area contributed by atoms with Gasteiger partial charge in [0, 0.05) is 25.2 Å². The summed E-state index contributed by atoms with van der Waals surface area (Å²) in [4.78, 5) is 26.7. The minimum atomic E-state index is -0.304. The molecule has 0 bridgehead atoms. The van der Waals surface area contributed by atoms with E-state index in [-0.39, 0.29) is 24.2 Å². The lowest BCUT2D eigenvalue weighted by Crippen LogP contribution is -2.36. The van der Waals surface area contributed by atoms with Crippen molar-refractivity contribution in [3.8, 4) is 11.4 Å². The molecule has 1 atom stereocenters. The number of carbonyl (C=O) groups is 1. The van der Waals surface area contributed by atoms with Gasteiger partial charge in [-0.05, 0) is 13.8 Å². The topological polar surface area (TPSA) is 86.2 Å². The third-order valence-electron chi connectivity index (χ3n) is 4.42. The van der Waals surface area contributed by atoms with Crippen LogP contribution in [0, 0.1) is 0 Å². The molecule has 0 saturated carbocycles. The molecule has 2 heterocycles. The molecule has 1 amide bonds. The van der Waals surface area contributed by atoms with Crippen LogP contribution in [-0.2, 0) is 17.9 Å². The van der Waals surface area contributed by atoms with Gasteiger partial charge in [-0.3, -0.25) is 9.36 Å². The molecule has 0 aliphatic heterocycles. The maximum absolute atomic E-state index is 12.6. The van der Waals surface area contributed by atoms with Crippen LogP contribution in [0.1, 0.15) is 25.6 Å². The lowest BCUT2D eigenvalue weighted by atomic mass is 10.2. The second kappa shape index (κ2) is 7.38. The van der Waals surface area contributed by atoms with Gasteiger partial charge in [-0.1, -0.05) is 35.5 Å². The highest BCUT2D eigenvalue weighted by atomic mass is 16.5. The number of likely N-dealkylation sites (N-methyl/N-ethyl adjacent to an activating group) is 1. The van der Waals surface area contributed by atoms with E-state index in [1.54, 1.807) is 17.7 Å². The molecule has 0 N–H and O–H groups in total. The normalized spacial score (nSPS) is 12.1. The Balaban J connectivity index is 1.85. The Morgan fingerprint density at radius 1 is 1.27 bits per heavy atom. The summed E-state index contributed by atoms with van der Waals surface area (Å²) in [6.45, 7) is 4.06. The van der Waals surface area contributed by atoms with Gasteiger partial charge in [0.2, 0.25) is 5.91 Å². The Hall–Kier alpha value is -3.16. The number of amides is 1. The molecular weight excluding hydrogens is 334 g/mol. The Labute approximate surface area is 150 Å². The number of rotatable bonds is 6. The van der Waals surface area contributed by atoms with Crippen LogP contribution in [0.3, 0.4) is 0 Å². The SMILES string of the molecule is CCn1c(-c2ccccc2)nn(CC(=O)N(C)[C@H](C)c2ccon2)c1=O. The van der Waals surface area contributed by atoms with Crippen LogP contribution in [0.4, 0.5) is 0 Å². The Morgan fingerprint density at radius 3 is 2.62 bits per heavy atom. The fourth-order valence-electron chi connectivity index (χ4n) is 2.72. The summed E-state index contributed by atoms with van der Waals surface area (Å²) in [6, 6.07) is 10.9. The number of hydrogen-bond acceptors (Lipinski definition) is 5. The molecular formula is C18H21N5O3. The Kier molecular flexibility index (Phi) is 5.01. The minimum Gasteiger partial charge on any atom is -0.364 e. The average molecular weight is 355 g/mol. The first-order chi connectivity index (χ1) is 12.5. The van der Waals surface area contributed by atoms with E-state index in [1.165, 1.54) is 15.8 Å². The summed E-state index contributed by atoms with van der Waals surface area (Å²) in [5.41, 5.74) is 1.18. The Morgan fingerprint density at radius 2 is 2.00 bits per heavy atom. The largest absolute Gasteiger partial charge is 0.364 e. The third-order valence-corrected chi connectivity index (χ3v) is 4.42. The zero-order valence-corrected chi connectivity index (χ0v) is 15.0. The predicted octanol–water partition coefficient (Wildman–Crippen LogP) is 1.94. The molecule has 0 fully saturated rings. The summed E-state index contributed by atoms with van der Waals surface area (Å²) < 4.78 is 7.59. The third kappa shape index (κ3) is 3.30. The first-order valence-corrected chi connectivity index (χ1v) is 8.42. The van der Waals surface area contributed by atoms with Crippen molar-refractivity contribution >= 4 is 5.91 Å². The lowest BCUT2D eigenvalue weighted by Gasteiger charge is -2.22. The summed E-state index contributed by atoms with van der Waals surface area (Å²) >= 11 is 0. The van der Waals surface area contributed by atoms with Crippen molar-refractivity contribution in [2.45, 2.75) is 33.0 Å². The van der Waals surface area contributed by atoms with Crippen LogP contribution in [-0.4, -0.2) is 37.4 Å². The van der Waals surface area contributed by atoms with Gasteiger partial charge in [-0.2, -0.15) is 0 Å². The number of carbonyl (C=O) groups excluding carboxylic acids is 1. The number of hydrogen-bond donors (Lipinski definition) is 0. The molecule has 2 aromatic heterocycles. The van der Waals surface area contributed by atoms with Crippen molar-refractivity contribution in [3.05, 3.63) is 58.8 Å². The summed E-state index contributed by atoms with van der Waals surface area (Å²) in [5.74, 6) is 0.320. The molecule has 1 aromatic carbocycles. The number of aromatic nitrogens is 4. The zero-order valence-electron chi connectivity index (χ0n) is 15.0. The van der Waals surface area contributed by atoms with Gasteiger partial charge in [-0.15, -0.1) is 5.10 Å². The molecule has 3 aromatic rings. The van der Waals surface area contributed by atoms with Gasteiger partial charge in [0.15, 0.2) is 5.82 Å². The van der Waals surface area contributed by atoms with E-state index in [4.69, 9.17) is 4.52 Å². The quantitative estimate of drug-likeness (QED) is 0.674. The van der Waals surface area contributed by atoms with Crippen LogP contribution in [0.25, 0.3) is 11.4 Å². The van der Waals surface area contributed by atoms with Gasteiger partial charge < -0.3 is 9.42 Å². The minimum absolute atomic E-state index is 0.135. The van der Waals surface area contributed by atoms with Gasteiger partial charge in [0.25, 0.3) is 0 Å². The van der Waals surface area contributed by atoms with E-state index in [0.717, 1.165) is 5.56 Å². The first-order valence-electron chi connectivity index (χ1n) is 8.42. The van der Waals surface area contributed by atoms with E-state index in [2.05, 4.69) is 10.3 Å². The standard InChI is InChI=1S/C18H21N5O3/c1-4-22-17(14-8-6-5-7-9-14)19-23(18(22)25)12-16(24)21(3)13(2)15-10-11-26-20-15/h5-11,13H,4,12H2,1-3H3/t13-/m1/s1. The van der Waals surface area contributed by atoms with Gasteiger partial charge in [0.1, 0.15) is 18.5 Å². The molecule has 0 spiro atoms. The van der Waals surface area contributed by atoms with Crippen molar-refractivity contribution < 1.29 is 9.32 Å². The molecule has 0 saturated heterocycles. The second-order valence-corrected chi connectivity index (χ2v) is 5.98. The molecule has 26 heavy (non-hydrogen) atoms. The van der Waals surface area contributed by atoms with Crippen LogP contribution in [0.5, 0.6) is 0 Å². The molecule has 8 heteroatoms. The maximum Gasteiger partial charge on any atom is 0.346 e. The van der Waals surface area contributed by atoms with E-state index in [9.17, 15) is 9.59 Å². The van der Waals surface area contributed by atoms with Crippen molar-refractivity contribution in [1.82, 2.24) is 24.4 Å². The monoisotopic (exact) mass is 355 g/mol. The molecule has 0 radical (unpaired) electrons. The summed E-state index contributed by atoms with van der Waals surface area (Å²) in [7, 11) is 1.67. The molecule has 136 valence electrons. The van der Waals surface area contributed by atoms with E-state index < -0.39 is 0 Å². The predicted molar refractivity (Wildman–Crippen MR) is 95.3 cm³/mol. The molecule has 0 aliphatic rings. The van der Waals surface area contributed by atoms with Crippen molar-refractivity contribution in [2.75, 3.05) is 7.05 Å². The molecule has 3 rings (SSSR count). The fourth-order valence-corrected chi connectivity index (χ4v) is 2.72. The number of benzene rings is 1. The summed E-state index contributed by atoms with van der Waals surface area (Å²) in [6.07, 6.45) is 1.46. The fraction of sp³-hybridized carbons (Fsp3) is 0.333. The van der Waals surface area contributed by atoms with Gasteiger partial charge >= 0.3 is 5.69 Å².